The van der Waals surface area contributed by atoms with E-state index in [1.54, 1.807) is 17.5 Å². The molecule has 2 N–H and O–H groups in total. The Morgan fingerprint density at radius 2 is 2.40 bits per heavy atom. The second-order valence-electron chi connectivity index (χ2n) is 3.45. The van der Waals surface area contributed by atoms with Crippen LogP contribution in [0, 0.1) is 0 Å². The summed E-state index contributed by atoms with van der Waals surface area (Å²) in [5.41, 5.74) is 7.66. The number of nitrogens with two attached hydrogens (primary N) is 1. The molecular formula is C11H13N3S. The molecule has 78 valence electrons. The molecule has 4 heteroatoms. The normalized spacial score (nSPS) is 12.7. The van der Waals surface area contributed by atoms with Gasteiger partial charge in [0.1, 0.15) is 0 Å². The van der Waals surface area contributed by atoms with E-state index in [9.17, 15) is 0 Å². The van der Waals surface area contributed by atoms with Gasteiger partial charge in [0.05, 0.1) is 10.7 Å². The fourth-order valence-electron chi connectivity index (χ4n) is 1.26. The van der Waals surface area contributed by atoms with Gasteiger partial charge in [0.15, 0.2) is 0 Å². The molecule has 2 aromatic rings. The summed E-state index contributed by atoms with van der Waals surface area (Å²) in [5.74, 6) is 0.334. The average Bonchev–Trinajstić information content (AvgIpc) is 2.78. The standard InChI is InChI=1S/C11H13N3S/c1-8(5-12)11-14-10(7-15-11)9-3-2-4-13-6-9/h2-4,6-8H,5,12H2,1H3. The van der Waals surface area contributed by atoms with Gasteiger partial charge in [0.2, 0.25) is 0 Å². The Bertz CT molecular complexity index is 424. The highest BCUT2D eigenvalue weighted by molar-refractivity contribution is 7.10. The smallest absolute Gasteiger partial charge is 0.0973 e. The first-order valence-electron chi connectivity index (χ1n) is 4.87. The van der Waals surface area contributed by atoms with E-state index in [4.69, 9.17) is 5.73 Å². The van der Waals surface area contributed by atoms with Crippen LogP contribution in [0.4, 0.5) is 0 Å². The summed E-state index contributed by atoms with van der Waals surface area (Å²) < 4.78 is 0. The van der Waals surface area contributed by atoms with E-state index in [2.05, 4.69) is 22.3 Å². The predicted octanol–water partition coefficient (Wildman–Crippen LogP) is 2.27. The molecule has 0 aliphatic carbocycles. The molecule has 0 radical (unpaired) electrons. The van der Waals surface area contributed by atoms with Crippen LogP contribution in [0.3, 0.4) is 0 Å². The van der Waals surface area contributed by atoms with Crippen molar-refractivity contribution in [1.29, 1.82) is 0 Å². The van der Waals surface area contributed by atoms with Crippen LogP contribution in [-0.2, 0) is 0 Å². The molecule has 1 unspecified atom stereocenters. The monoisotopic (exact) mass is 219 g/mol. The molecule has 0 fully saturated rings. The van der Waals surface area contributed by atoms with Crippen LogP contribution in [0.15, 0.2) is 29.9 Å². The van der Waals surface area contributed by atoms with Crippen molar-refractivity contribution in [3.05, 3.63) is 34.9 Å². The zero-order valence-corrected chi connectivity index (χ0v) is 9.37. The molecule has 2 rings (SSSR count). The lowest BCUT2D eigenvalue weighted by atomic mass is 10.2. The van der Waals surface area contributed by atoms with E-state index in [-0.39, 0.29) is 0 Å². The van der Waals surface area contributed by atoms with Crippen molar-refractivity contribution in [3.63, 3.8) is 0 Å². The highest BCUT2D eigenvalue weighted by atomic mass is 32.1. The molecule has 0 saturated heterocycles. The number of thiazole rings is 1. The second-order valence-corrected chi connectivity index (χ2v) is 4.34. The molecule has 0 aromatic carbocycles. The quantitative estimate of drug-likeness (QED) is 0.861. The summed E-state index contributed by atoms with van der Waals surface area (Å²) in [4.78, 5) is 8.63. The summed E-state index contributed by atoms with van der Waals surface area (Å²) in [6.45, 7) is 2.73. The summed E-state index contributed by atoms with van der Waals surface area (Å²) in [5, 5.41) is 3.15. The van der Waals surface area contributed by atoms with Crippen LogP contribution in [0.2, 0.25) is 0 Å². The zero-order chi connectivity index (χ0) is 10.7. The van der Waals surface area contributed by atoms with Crippen molar-refractivity contribution < 1.29 is 0 Å². The Balaban J connectivity index is 2.28. The minimum atomic E-state index is 0.334. The summed E-state index contributed by atoms with van der Waals surface area (Å²) >= 11 is 1.66. The molecule has 0 spiro atoms. The average molecular weight is 219 g/mol. The zero-order valence-electron chi connectivity index (χ0n) is 8.55. The van der Waals surface area contributed by atoms with Gasteiger partial charge >= 0.3 is 0 Å². The van der Waals surface area contributed by atoms with E-state index < -0.39 is 0 Å². The van der Waals surface area contributed by atoms with Crippen LogP contribution >= 0.6 is 11.3 Å². The van der Waals surface area contributed by atoms with Gasteiger partial charge in [-0.3, -0.25) is 4.98 Å². The lowest BCUT2D eigenvalue weighted by molar-refractivity contribution is 0.766. The molecule has 0 bridgehead atoms. The minimum absolute atomic E-state index is 0.334. The van der Waals surface area contributed by atoms with Gasteiger partial charge in [-0.25, -0.2) is 4.98 Å². The van der Waals surface area contributed by atoms with Gasteiger partial charge in [-0.2, -0.15) is 0 Å². The van der Waals surface area contributed by atoms with Crippen LogP contribution in [0.5, 0.6) is 0 Å². The van der Waals surface area contributed by atoms with Crippen molar-refractivity contribution in [1.82, 2.24) is 9.97 Å². The molecule has 2 aromatic heterocycles. The molecule has 2 heterocycles. The summed E-state index contributed by atoms with van der Waals surface area (Å²) in [7, 11) is 0. The molecule has 1 atom stereocenters. The van der Waals surface area contributed by atoms with Crippen molar-refractivity contribution in [2.24, 2.45) is 5.73 Å². The third kappa shape index (κ3) is 2.22. The molecule has 0 aliphatic heterocycles. The predicted molar refractivity (Wildman–Crippen MR) is 62.8 cm³/mol. The van der Waals surface area contributed by atoms with E-state index in [1.165, 1.54) is 0 Å². The largest absolute Gasteiger partial charge is 0.330 e. The van der Waals surface area contributed by atoms with Gasteiger partial charge in [-0.15, -0.1) is 11.3 Å². The van der Waals surface area contributed by atoms with Crippen LogP contribution < -0.4 is 5.73 Å². The van der Waals surface area contributed by atoms with Crippen molar-refractivity contribution in [2.45, 2.75) is 12.8 Å². The van der Waals surface area contributed by atoms with Crippen LogP contribution in [-0.4, -0.2) is 16.5 Å². The molecule has 3 nitrogen and oxygen atoms in total. The molecule has 0 aliphatic rings. The van der Waals surface area contributed by atoms with Crippen molar-refractivity contribution in [2.75, 3.05) is 6.54 Å². The first kappa shape index (κ1) is 10.3. The maximum Gasteiger partial charge on any atom is 0.0973 e. The molecule has 0 saturated carbocycles. The Morgan fingerprint density at radius 1 is 1.53 bits per heavy atom. The second kappa shape index (κ2) is 4.51. The van der Waals surface area contributed by atoms with E-state index in [0.29, 0.717) is 12.5 Å². The summed E-state index contributed by atoms with van der Waals surface area (Å²) in [6, 6.07) is 3.93. The maximum atomic E-state index is 5.61. The van der Waals surface area contributed by atoms with Gasteiger partial charge in [0, 0.05) is 35.8 Å². The molecule has 0 amide bonds. The SMILES string of the molecule is CC(CN)c1nc(-c2cccnc2)cs1. The van der Waals surface area contributed by atoms with Gasteiger partial charge in [0.25, 0.3) is 0 Å². The van der Waals surface area contributed by atoms with Gasteiger partial charge in [-0.1, -0.05) is 6.92 Å². The van der Waals surface area contributed by atoms with Crippen molar-refractivity contribution in [3.8, 4) is 11.3 Å². The first-order chi connectivity index (χ1) is 7.31. The summed E-state index contributed by atoms with van der Waals surface area (Å²) in [6.07, 6.45) is 3.59. The Hall–Kier alpha value is -1.26. The highest BCUT2D eigenvalue weighted by Crippen LogP contribution is 2.25. The maximum absolute atomic E-state index is 5.61. The van der Waals surface area contributed by atoms with Gasteiger partial charge in [-0.05, 0) is 12.1 Å². The fraction of sp³-hybridized carbons (Fsp3) is 0.273. The third-order valence-electron chi connectivity index (χ3n) is 2.25. The number of pyridine rings is 1. The topological polar surface area (TPSA) is 51.8 Å². The van der Waals surface area contributed by atoms with E-state index >= 15 is 0 Å². The number of nitrogens with zero attached hydrogens (tertiary/aromatic N) is 2. The number of hydrogen-bond donors (Lipinski definition) is 1. The fourth-order valence-corrected chi connectivity index (χ4v) is 2.16. The van der Waals surface area contributed by atoms with E-state index in [1.807, 2.05) is 18.3 Å². The Kier molecular flexibility index (Phi) is 3.08. The van der Waals surface area contributed by atoms with E-state index in [0.717, 1.165) is 16.3 Å². The minimum Gasteiger partial charge on any atom is -0.330 e. The molecular weight excluding hydrogens is 206 g/mol. The number of rotatable bonds is 3. The molecule has 15 heavy (non-hydrogen) atoms. The van der Waals surface area contributed by atoms with Gasteiger partial charge < -0.3 is 5.73 Å². The van der Waals surface area contributed by atoms with Crippen LogP contribution in [0.25, 0.3) is 11.3 Å². The lowest BCUT2D eigenvalue weighted by Crippen LogP contribution is -2.08. The first-order valence-corrected chi connectivity index (χ1v) is 5.75. The lowest BCUT2D eigenvalue weighted by Gasteiger charge is -2.01. The highest BCUT2D eigenvalue weighted by Gasteiger charge is 2.09. The Morgan fingerprint density at radius 3 is 3.07 bits per heavy atom. The van der Waals surface area contributed by atoms with Crippen molar-refractivity contribution >= 4 is 11.3 Å². The Labute approximate surface area is 93.0 Å². The number of hydrogen-bond acceptors (Lipinski definition) is 4. The third-order valence-corrected chi connectivity index (χ3v) is 3.33. The number of aromatic nitrogens is 2. The van der Waals surface area contributed by atoms with Crippen LogP contribution in [0.1, 0.15) is 17.8 Å².